The van der Waals surface area contributed by atoms with Crippen molar-refractivity contribution in [1.82, 2.24) is 16.0 Å². The number of hydrogen-bond acceptors (Lipinski definition) is 4. The van der Waals surface area contributed by atoms with Crippen LogP contribution in [0.5, 0.6) is 0 Å². The number of amides is 1. The van der Waals surface area contributed by atoms with Crippen molar-refractivity contribution in [3.05, 3.63) is 46.5 Å². The second kappa shape index (κ2) is 8.89. The summed E-state index contributed by atoms with van der Waals surface area (Å²) in [6.07, 6.45) is 1.48. The number of nitrogens with zero attached hydrogens (tertiary/aromatic N) is 1. The van der Waals surface area contributed by atoms with Crippen LogP contribution in [0, 0.1) is 0 Å². The van der Waals surface area contributed by atoms with E-state index in [0.29, 0.717) is 25.4 Å². The summed E-state index contributed by atoms with van der Waals surface area (Å²) in [6.45, 7) is 4.51. The van der Waals surface area contributed by atoms with Gasteiger partial charge in [0.15, 0.2) is 11.7 Å². The summed E-state index contributed by atoms with van der Waals surface area (Å²) in [7, 11) is 0. The number of carbonyl (C=O) groups is 1. The number of thiophene rings is 1. The third kappa shape index (κ3) is 5.25. The van der Waals surface area contributed by atoms with Crippen molar-refractivity contribution >= 4 is 23.2 Å². The highest BCUT2D eigenvalue weighted by Gasteiger charge is 2.06. The molecule has 1 amide bonds. The molecular formula is C15H20N4O2S. The van der Waals surface area contributed by atoms with E-state index in [4.69, 9.17) is 4.42 Å². The highest BCUT2D eigenvalue weighted by Crippen LogP contribution is 2.06. The van der Waals surface area contributed by atoms with Crippen LogP contribution < -0.4 is 16.0 Å². The van der Waals surface area contributed by atoms with Crippen molar-refractivity contribution in [3.8, 4) is 0 Å². The number of furan rings is 1. The Bertz CT molecular complexity index is 579. The Hall–Kier alpha value is -2.28. The zero-order chi connectivity index (χ0) is 15.6. The van der Waals surface area contributed by atoms with Crippen LogP contribution in [0.1, 0.15) is 23.0 Å². The summed E-state index contributed by atoms with van der Waals surface area (Å²) >= 11 is 1.66. The maximum absolute atomic E-state index is 11.7. The lowest BCUT2D eigenvalue weighted by Crippen LogP contribution is -2.41. The van der Waals surface area contributed by atoms with Crippen molar-refractivity contribution in [1.29, 1.82) is 0 Å². The predicted octanol–water partition coefficient (Wildman–Crippen LogP) is 1.83. The van der Waals surface area contributed by atoms with Crippen LogP contribution in [0.2, 0.25) is 0 Å². The van der Waals surface area contributed by atoms with Crippen molar-refractivity contribution < 1.29 is 9.21 Å². The first-order valence-electron chi connectivity index (χ1n) is 7.14. The summed E-state index contributed by atoms with van der Waals surface area (Å²) < 4.78 is 5.02. The molecule has 22 heavy (non-hydrogen) atoms. The molecular weight excluding hydrogens is 300 g/mol. The van der Waals surface area contributed by atoms with E-state index in [1.165, 1.54) is 11.8 Å². The van der Waals surface area contributed by atoms with Gasteiger partial charge in [-0.2, -0.15) is 11.3 Å². The van der Waals surface area contributed by atoms with Gasteiger partial charge >= 0.3 is 0 Å². The Labute approximate surface area is 133 Å². The van der Waals surface area contributed by atoms with Gasteiger partial charge in [0.1, 0.15) is 0 Å². The number of rotatable bonds is 7. The first-order valence-corrected chi connectivity index (χ1v) is 8.09. The molecule has 0 aliphatic heterocycles. The third-order valence-corrected chi connectivity index (χ3v) is 3.52. The largest absolute Gasteiger partial charge is 0.459 e. The Morgan fingerprint density at radius 3 is 2.82 bits per heavy atom. The van der Waals surface area contributed by atoms with Crippen molar-refractivity contribution in [2.45, 2.75) is 13.5 Å². The number of hydrogen-bond donors (Lipinski definition) is 3. The molecule has 6 nitrogen and oxygen atoms in total. The molecule has 0 radical (unpaired) electrons. The normalized spacial score (nSPS) is 11.2. The second-order valence-electron chi connectivity index (χ2n) is 4.49. The number of guanidine groups is 1. The molecule has 2 aromatic rings. The molecule has 3 N–H and O–H groups in total. The fraction of sp³-hybridized carbons (Fsp3) is 0.333. The van der Waals surface area contributed by atoms with Crippen LogP contribution in [-0.2, 0) is 6.54 Å². The van der Waals surface area contributed by atoms with E-state index in [-0.39, 0.29) is 5.91 Å². The lowest BCUT2D eigenvalue weighted by molar-refractivity contribution is 0.0926. The van der Waals surface area contributed by atoms with Gasteiger partial charge in [-0.25, -0.2) is 4.99 Å². The van der Waals surface area contributed by atoms with Crippen molar-refractivity contribution in [2.24, 2.45) is 4.99 Å². The van der Waals surface area contributed by atoms with E-state index in [1.54, 1.807) is 23.5 Å². The minimum Gasteiger partial charge on any atom is -0.459 e. The van der Waals surface area contributed by atoms with Crippen LogP contribution in [0.4, 0.5) is 0 Å². The van der Waals surface area contributed by atoms with Crippen molar-refractivity contribution in [3.63, 3.8) is 0 Å². The van der Waals surface area contributed by atoms with E-state index < -0.39 is 0 Å². The molecule has 0 bridgehead atoms. The van der Waals surface area contributed by atoms with Crippen LogP contribution in [0.15, 0.2) is 44.6 Å². The standard InChI is InChI=1S/C15H20N4O2S/c1-2-16-15(19-10-12-5-9-22-11-12)18-7-6-17-14(20)13-4-3-8-21-13/h3-5,8-9,11H,2,6-7,10H2,1H3,(H,17,20)(H2,16,18,19). The molecule has 0 saturated heterocycles. The average Bonchev–Trinajstić information content (AvgIpc) is 3.22. The van der Waals surface area contributed by atoms with Gasteiger partial charge in [-0.05, 0) is 41.4 Å². The van der Waals surface area contributed by atoms with Gasteiger partial charge in [-0.15, -0.1) is 0 Å². The molecule has 7 heteroatoms. The maximum Gasteiger partial charge on any atom is 0.287 e. The van der Waals surface area contributed by atoms with Crippen LogP contribution in [0.3, 0.4) is 0 Å². The van der Waals surface area contributed by atoms with Crippen LogP contribution in [0.25, 0.3) is 0 Å². The minimum absolute atomic E-state index is 0.216. The monoisotopic (exact) mass is 320 g/mol. The number of aliphatic imine (C=N–C) groups is 1. The van der Waals surface area contributed by atoms with Crippen LogP contribution >= 0.6 is 11.3 Å². The fourth-order valence-electron chi connectivity index (χ4n) is 1.75. The van der Waals surface area contributed by atoms with Gasteiger partial charge in [0, 0.05) is 19.6 Å². The van der Waals surface area contributed by atoms with E-state index in [2.05, 4.69) is 32.4 Å². The Morgan fingerprint density at radius 2 is 2.14 bits per heavy atom. The quantitative estimate of drug-likeness (QED) is 0.413. The molecule has 0 aromatic carbocycles. The Morgan fingerprint density at radius 1 is 1.27 bits per heavy atom. The molecule has 0 atom stereocenters. The first kappa shape index (κ1) is 16.1. The molecule has 0 spiro atoms. The maximum atomic E-state index is 11.7. The summed E-state index contributed by atoms with van der Waals surface area (Å²) in [5.41, 5.74) is 1.19. The molecule has 2 heterocycles. The highest BCUT2D eigenvalue weighted by atomic mass is 32.1. The molecule has 2 aromatic heterocycles. The number of nitrogens with one attached hydrogen (secondary N) is 3. The molecule has 0 unspecified atom stereocenters. The summed E-state index contributed by atoms with van der Waals surface area (Å²) in [5, 5.41) is 13.2. The lowest BCUT2D eigenvalue weighted by atomic mass is 10.3. The van der Waals surface area contributed by atoms with Gasteiger partial charge in [0.2, 0.25) is 0 Å². The SMILES string of the molecule is CCNC(=NCc1ccsc1)NCCNC(=O)c1ccco1. The molecule has 0 aliphatic rings. The molecule has 0 aliphatic carbocycles. The third-order valence-electron chi connectivity index (χ3n) is 2.79. The molecule has 0 saturated carbocycles. The van der Waals surface area contributed by atoms with Gasteiger partial charge in [0.05, 0.1) is 12.8 Å². The minimum atomic E-state index is -0.216. The predicted molar refractivity (Wildman–Crippen MR) is 88.2 cm³/mol. The second-order valence-corrected chi connectivity index (χ2v) is 5.27. The van der Waals surface area contributed by atoms with E-state index >= 15 is 0 Å². The topological polar surface area (TPSA) is 78.7 Å². The lowest BCUT2D eigenvalue weighted by Gasteiger charge is -2.11. The van der Waals surface area contributed by atoms with Gasteiger partial charge in [0.25, 0.3) is 5.91 Å². The zero-order valence-corrected chi connectivity index (χ0v) is 13.3. The van der Waals surface area contributed by atoms with Gasteiger partial charge < -0.3 is 20.4 Å². The molecule has 0 fully saturated rings. The van der Waals surface area contributed by atoms with E-state index in [9.17, 15) is 4.79 Å². The van der Waals surface area contributed by atoms with Gasteiger partial charge in [-0.1, -0.05) is 0 Å². The van der Waals surface area contributed by atoms with E-state index in [0.717, 1.165) is 12.5 Å². The summed E-state index contributed by atoms with van der Waals surface area (Å²) in [6, 6.07) is 5.38. The zero-order valence-electron chi connectivity index (χ0n) is 12.5. The summed E-state index contributed by atoms with van der Waals surface area (Å²) in [4.78, 5) is 16.2. The Kier molecular flexibility index (Phi) is 6.50. The molecule has 2 rings (SSSR count). The van der Waals surface area contributed by atoms with Crippen molar-refractivity contribution in [2.75, 3.05) is 19.6 Å². The first-order chi connectivity index (χ1) is 10.8. The fourth-order valence-corrected chi connectivity index (χ4v) is 2.41. The number of carbonyl (C=O) groups excluding carboxylic acids is 1. The Balaban J connectivity index is 1.72. The summed E-state index contributed by atoms with van der Waals surface area (Å²) in [5.74, 6) is 0.839. The van der Waals surface area contributed by atoms with Gasteiger partial charge in [-0.3, -0.25) is 4.79 Å². The molecule has 118 valence electrons. The smallest absolute Gasteiger partial charge is 0.287 e. The average molecular weight is 320 g/mol. The van der Waals surface area contributed by atoms with E-state index in [1.807, 2.05) is 12.3 Å². The van der Waals surface area contributed by atoms with Crippen LogP contribution in [-0.4, -0.2) is 31.5 Å². The highest BCUT2D eigenvalue weighted by molar-refractivity contribution is 7.07.